The Hall–Kier alpha value is -2.84. The summed E-state index contributed by atoms with van der Waals surface area (Å²) in [7, 11) is 0. The number of hydrogen-bond donors (Lipinski definition) is 2. The second-order valence-electron chi connectivity index (χ2n) is 5.38. The summed E-state index contributed by atoms with van der Waals surface area (Å²) < 4.78 is 0. The predicted molar refractivity (Wildman–Crippen MR) is 94.7 cm³/mol. The minimum atomic E-state index is 0.945. The van der Waals surface area contributed by atoms with Gasteiger partial charge in [0, 0.05) is 5.39 Å². The molecule has 4 aromatic rings. The summed E-state index contributed by atoms with van der Waals surface area (Å²) in [5.41, 5.74) is 6.20. The molecule has 0 atom stereocenters. The summed E-state index contributed by atoms with van der Waals surface area (Å²) in [6, 6.07) is 27.4. The van der Waals surface area contributed by atoms with Gasteiger partial charge in [0.25, 0.3) is 0 Å². The maximum absolute atomic E-state index is 5.73. The lowest BCUT2D eigenvalue weighted by molar-refractivity contribution is 1.37. The molecule has 3 N–H and O–H groups in total. The van der Waals surface area contributed by atoms with E-state index in [-0.39, 0.29) is 0 Å². The number of nitrogens with two attached hydrogens (primary N) is 1. The lowest BCUT2D eigenvalue weighted by Gasteiger charge is -2.13. The van der Waals surface area contributed by atoms with Gasteiger partial charge in [0.2, 0.25) is 0 Å². The third-order valence-corrected chi connectivity index (χ3v) is 4.14. The molecule has 0 saturated carbocycles. The van der Waals surface area contributed by atoms with E-state index in [0.29, 0.717) is 0 Å². The van der Waals surface area contributed by atoms with Crippen LogP contribution in [0.3, 0.4) is 0 Å². The first-order valence-electron chi connectivity index (χ1n) is 7.35. The lowest BCUT2D eigenvalue weighted by atomic mass is 9.93. The molecule has 4 aromatic carbocycles. The number of hydrazine groups is 1. The second-order valence-corrected chi connectivity index (χ2v) is 5.38. The van der Waals surface area contributed by atoms with E-state index in [4.69, 9.17) is 5.84 Å². The Morgan fingerprint density at radius 2 is 1.23 bits per heavy atom. The number of benzene rings is 4. The van der Waals surface area contributed by atoms with Crippen molar-refractivity contribution < 1.29 is 0 Å². The van der Waals surface area contributed by atoms with E-state index in [1.807, 2.05) is 12.1 Å². The third-order valence-electron chi connectivity index (χ3n) is 4.14. The Morgan fingerprint density at radius 1 is 0.591 bits per heavy atom. The average Bonchev–Trinajstić information content (AvgIpc) is 2.60. The molecule has 0 aliphatic heterocycles. The number of anilines is 1. The van der Waals surface area contributed by atoms with E-state index < -0.39 is 0 Å². The largest absolute Gasteiger partial charge is 0.323 e. The first-order chi connectivity index (χ1) is 10.9. The van der Waals surface area contributed by atoms with E-state index in [1.54, 1.807) is 0 Å². The van der Waals surface area contributed by atoms with Crippen LogP contribution < -0.4 is 11.3 Å². The first kappa shape index (κ1) is 12.9. The number of fused-ring (bicyclic) bond motifs is 2. The molecule has 106 valence electrons. The molecule has 0 radical (unpaired) electrons. The van der Waals surface area contributed by atoms with Crippen molar-refractivity contribution >= 4 is 27.2 Å². The first-order valence-corrected chi connectivity index (χ1v) is 7.35. The van der Waals surface area contributed by atoms with Crippen molar-refractivity contribution in [1.29, 1.82) is 0 Å². The lowest BCUT2D eigenvalue weighted by Crippen LogP contribution is -2.07. The Kier molecular flexibility index (Phi) is 3.02. The van der Waals surface area contributed by atoms with Gasteiger partial charge < -0.3 is 5.43 Å². The molecule has 0 spiro atoms. The van der Waals surface area contributed by atoms with Crippen molar-refractivity contribution in [1.82, 2.24) is 0 Å². The molecule has 2 nitrogen and oxygen atoms in total. The smallest absolute Gasteiger partial charge is 0.0569 e. The van der Waals surface area contributed by atoms with E-state index in [0.717, 1.165) is 11.1 Å². The summed E-state index contributed by atoms with van der Waals surface area (Å²) in [4.78, 5) is 0. The van der Waals surface area contributed by atoms with Crippen LogP contribution in [0.25, 0.3) is 32.7 Å². The zero-order chi connectivity index (χ0) is 14.9. The number of hydrogen-bond acceptors (Lipinski definition) is 2. The van der Waals surface area contributed by atoms with Crippen LogP contribution >= 0.6 is 0 Å². The van der Waals surface area contributed by atoms with Crippen molar-refractivity contribution in [2.45, 2.75) is 0 Å². The van der Waals surface area contributed by atoms with Gasteiger partial charge >= 0.3 is 0 Å². The normalized spacial score (nSPS) is 11.0. The van der Waals surface area contributed by atoms with Crippen LogP contribution in [-0.4, -0.2) is 0 Å². The van der Waals surface area contributed by atoms with Crippen LogP contribution in [0, 0.1) is 0 Å². The molecule has 2 heteroatoms. The zero-order valence-corrected chi connectivity index (χ0v) is 12.1. The molecule has 0 saturated heterocycles. The van der Waals surface area contributed by atoms with Gasteiger partial charge in [-0.3, -0.25) is 5.84 Å². The van der Waals surface area contributed by atoms with E-state index >= 15 is 0 Å². The minimum Gasteiger partial charge on any atom is -0.323 e. The molecular formula is C20H16N2. The van der Waals surface area contributed by atoms with Gasteiger partial charge in [-0.25, -0.2) is 0 Å². The van der Waals surface area contributed by atoms with E-state index in [2.05, 4.69) is 72.2 Å². The zero-order valence-electron chi connectivity index (χ0n) is 12.1. The Bertz CT molecular complexity index is 963. The van der Waals surface area contributed by atoms with Gasteiger partial charge in [-0.05, 0) is 33.4 Å². The van der Waals surface area contributed by atoms with Gasteiger partial charge in [-0.15, -0.1) is 0 Å². The SMILES string of the molecule is NNc1cccc2cccc(-c3cccc4ccccc34)c12. The monoisotopic (exact) mass is 284 g/mol. The molecule has 22 heavy (non-hydrogen) atoms. The standard InChI is InChI=1S/C20H16N2/c21-22-19-13-5-9-15-8-4-12-18(20(15)19)17-11-3-7-14-6-1-2-10-16(14)17/h1-13,22H,21H2. The van der Waals surface area contributed by atoms with E-state index in [9.17, 15) is 0 Å². The predicted octanol–water partition coefficient (Wildman–Crippen LogP) is 4.95. The van der Waals surface area contributed by atoms with Crippen LogP contribution in [0.1, 0.15) is 0 Å². The van der Waals surface area contributed by atoms with Crippen molar-refractivity contribution in [3.05, 3.63) is 78.9 Å². The molecule has 0 aromatic heterocycles. The number of nitrogen functional groups attached to an aromatic ring is 1. The fourth-order valence-electron chi connectivity index (χ4n) is 3.15. The maximum atomic E-state index is 5.73. The van der Waals surface area contributed by atoms with Crippen LogP contribution in [-0.2, 0) is 0 Å². The molecule has 0 amide bonds. The van der Waals surface area contributed by atoms with Gasteiger partial charge in [0.1, 0.15) is 0 Å². The Labute approximate surface area is 129 Å². The number of rotatable bonds is 2. The van der Waals surface area contributed by atoms with Gasteiger partial charge in [-0.2, -0.15) is 0 Å². The Morgan fingerprint density at radius 3 is 2.05 bits per heavy atom. The molecule has 4 rings (SSSR count). The summed E-state index contributed by atoms with van der Waals surface area (Å²) >= 11 is 0. The highest BCUT2D eigenvalue weighted by atomic mass is 15.2. The highest BCUT2D eigenvalue weighted by Gasteiger charge is 2.10. The summed E-state index contributed by atoms with van der Waals surface area (Å²) in [6.07, 6.45) is 0. The van der Waals surface area contributed by atoms with Crippen LogP contribution in [0.4, 0.5) is 5.69 Å². The molecule has 0 heterocycles. The fourth-order valence-corrected chi connectivity index (χ4v) is 3.15. The van der Waals surface area contributed by atoms with Crippen LogP contribution in [0.15, 0.2) is 78.9 Å². The fraction of sp³-hybridized carbons (Fsp3) is 0. The Balaban J connectivity index is 2.13. The van der Waals surface area contributed by atoms with Crippen LogP contribution in [0.5, 0.6) is 0 Å². The summed E-state index contributed by atoms with van der Waals surface area (Å²) in [6.45, 7) is 0. The minimum absolute atomic E-state index is 0.945. The van der Waals surface area contributed by atoms with Crippen molar-refractivity contribution in [3.8, 4) is 11.1 Å². The summed E-state index contributed by atoms with van der Waals surface area (Å²) in [5, 5.41) is 4.84. The van der Waals surface area contributed by atoms with E-state index in [1.165, 1.54) is 27.3 Å². The molecule has 0 fully saturated rings. The highest BCUT2D eigenvalue weighted by Crippen LogP contribution is 2.36. The maximum Gasteiger partial charge on any atom is 0.0569 e. The topological polar surface area (TPSA) is 38.0 Å². The van der Waals surface area contributed by atoms with Gasteiger partial charge in [0.15, 0.2) is 0 Å². The number of nitrogens with one attached hydrogen (secondary N) is 1. The van der Waals surface area contributed by atoms with Crippen molar-refractivity contribution in [2.24, 2.45) is 5.84 Å². The third kappa shape index (κ3) is 1.93. The molecule has 0 unspecified atom stereocenters. The van der Waals surface area contributed by atoms with Crippen LogP contribution in [0.2, 0.25) is 0 Å². The summed E-state index contributed by atoms with van der Waals surface area (Å²) in [5.74, 6) is 5.73. The second kappa shape index (κ2) is 5.17. The molecule has 0 aliphatic rings. The van der Waals surface area contributed by atoms with Crippen molar-refractivity contribution in [3.63, 3.8) is 0 Å². The molecular weight excluding hydrogens is 268 g/mol. The van der Waals surface area contributed by atoms with Gasteiger partial charge in [0.05, 0.1) is 5.69 Å². The molecule has 0 aliphatic carbocycles. The highest BCUT2D eigenvalue weighted by molar-refractivity contribution is 6.09. The van der Waals surface area contributed by atoms with Crippen molar-refractivity contribution in [2.75, 3.05) is 5.43 Å². The van der Waals surface area contributed by atoms with Gasteiger partial charge in [-0.1, -0.05) is 72.8 Å². The molecule has 0 bridgehead atoms. The quantitative estimate of drug-likeness (QED) is 0.404. The average molecular weight is 284 g/mol.